The van der Waals surface area contributed by atoms with Gasteiger partial charge in [-0.2, -0.15) is 18.3 Å². The summed E-state index contributed by atoms with van der Waals surface area (Å²) >= 11 is 1.48. The number of aryl methyl sites for hydroxylation is 1. The van der Waals surface area contributed by atoms with Crippen molar-refractivity contribution >= 4 is 23.6 Å². The summed E-state index contributed by atoms with van der Waals surface area (Å²) in [6.45, 7) is 0.954. The van der Waals surface area contributed by atoms with Gasteiger partial charge in [0.05, 0.1) is 17.9 Å². The fourth-order valence-electron chi connectivity index (χ4n) is 2.62. The maximum absolute atomic E-state index is 11.6. The van der Waals surface area contributed by atoms with Crippen LogP contribution in [0.5, 0.6) is 0 Å². The lowest BCUT2D eigenvalue weighted by molar-refractivity contribution is -0.192. The zero-order valence-corrected chi connectivity index (χ0v) is 15.5. The third-order valence-electron chi connectivity index (χ3n) is 3.76. The number of aromatic nitrogens is 4. The Balaban J connectivity index is 0.000000345. The third kappa shape index (κ3) is 4.59. The lowest BCUT2D eigenvalue weighted by Crippen LogP contribution is -2.21. The molecule has 2 aromatic rings. The highest BCUT2D eigenvalue weighted by Crippen LogP contribution is 2.34. The number of carboxylic acids is 1. The van der Waals surface area contributed by atoms with E-state index in [-0.39, 0.29) is 0 Å². The number of carbonyl (C=O) groups excluding carboxylic acids is 1. The highest BCUT2D eigenvalue weighted by atomic mass is 32.2. The van der Waals surface area contributed by atoms with Gasteiger partial charge in [0.2, 0.25) is 0 Å². The summed E-state index contributed by atoms with van der Waals surface area (Å²) in [5.41, 5.74) is 15.0. The molecule has 0 aliphatic heterocycles. The number of nitrogens with two attached hydrogens (primary N) is 2. The molecule has 3 rings (SSSR count). The first kappa shape index (κ1) is 21.6. The molecule has 0 radical (unpaired) electrons. The molecule has 28 heavy (non-hydrogen) atoms. The van der Waals surface area contributed by atoms with Crippen molar-refractivity contribution in [2.24, 2.45) is 11.5 Å². The number of hydrogen-bond donors (Lipinski definition) is 3. The van der Waals surface area contributed by atoms with E-state index in [2.05, 4.69) is 15.1 Å². The van der Waals surface area contributed by atoms with Gasteiger partial charge in [-0.3, -0.25) is 9.48 Å². The minimum absolute atomic E-state index is 0.327. The monoisotopic (exact) mass is 418 g/mol. The highest BCUT2D eigenvalue weighted by Gasteiger charge is 2.38. The molecule has 0 unspecified atom stereocenters. The maximum atomic E-state index is 11.6. The van der Waals surface area contributed by atoms with Crippen LogP contribution in [0.3, 0.4) is 0 Å². The number of rotatable bonds is 4. The molecule has 1 aliphatic rings. The smallest absolute Gasteiger partial charge is 0.475 e. The minimum atomic E-state index is -5.08. The van der Waals surface area contributed by atoms with Crippen LogP contribution in [0.1, 0.15) is 21.6 Å². The Kier molecular flexibility index (Phi) is 6.61. The van der Waals surface area contributed by atoms with Crippen molar-refractivity contribution in [1.29, 1.82) is 0 Å². The van der Waals surface area contributed by atoms with E-state index < -0.39 is 18.1 Å². The quantitative estimate of drug-likeness (QED) is 0.488. The normalized spacial score (nSPS) is 12.5. The van der Waals surface area contributed by atoms with Crippen LogP contribution in [0.4, 0.5) is 13.2 Å². The number of thioether (sulfide) groups is 1. The Morgan fingerprint density at radius 1 is 1.36 bits per heavy atom. The molecule has 2 aromatic heterocycles. The second-order valence-electron chi connectivity index (χ2n) is 5.59. The molecule has 0 aromatic carbocycles. The van der Waals surface area contributed by atoms with E-state index in [1.165, 1.54) is 11.8 Å². The molecule has 0 fully saturated rings. The molecule has 0 bridgehead atoms. The first-order valence-electron chi connectivity index (χ1n) is 7.90. The molecule has 0 atom stereocenters. The van der Waals surface area contributed by atoms with Crippen LogP contribution in [0.2, 0.25) is 0 Å². The molecule has 1 amide bonds. The molecule has 13 heteroatoms. The zero-order valence-electron chi connectivity index (χ0n) is 14.7. The molecule has 152 valence electrons. The largest absolute Gasteiger partial charge is 0.490 e. The second-order valence-corrected chi connectivity index (χ2v) is 6.36. The van der Waals surface area contributed by atoms with Crippen LogP contribution < -0.4 is 11.5 Å². The number of aliphatic carboxylic acids is 1. The van der Waals surface area contributed by atoms with Crippen molar-refractivity contribution < 1.29 is 27.9 Å². The molecule has 2 heterocycles. The molecule has 1 aliphatic carbocycles. The lowest BCUT2D eigenvalue weighted by Gasteiger charge is -2.17. The van der Waals surface area contributed by atoms with E-state index in [0.29, 0.717) is 30.4 Å². The van der Waals surface area contributed by atoms with E-state index in [1.54, 1.807) is 4.68 Å². The number of carboxylic acid groups (broad SMARTS) is 1. The summed E-state index contributed by atoms with van der Waals surface area (Å²) in [7, 11) is 0. The number of fused-ring (bicyclic) bond motifs is 3. The molecular weight excluding hydrogens is 401 g/mol. The van der Waals surface area contributed by atoms with Crippen molar-refractivity contribution in [3.8, 4) is 11.4 Å². The summed E-state index contributed by atoms with van der Waals surface area (Å²) in [5, 5.41) is 12.2. The van der Waals surface area contributed by atoms with Crippen LogP contribution in [0.15, 0.2) is 11.4 Å². The Bertz CT molecular complexity index is 900. The van der Waals surface area contributed by atoms with E-state index in [1.807, 2.05) is 12.5 Å². The second kappa shape index (κ2) is 8.56. The van der Waals surface area contributed by atoms with Crippen LogP contribution >= 0.6 is 11.8 Å². The first-order chi connectivity index (χ1) is 13.1. The molecular formula is C15H17F3N6O3S. The average molecular weight is 418 g/mol. The predicted molar refractivity (Wildman–Crippen MR) is 93.7 cm³/mol. The van der Waals surface area contributed by atoms with Gasteiger partial charge >= 0.3 is 12.1 Å². The minimum Gasteiger partial charge on any atom is -0.475 e. The van der Waals surface area contributed by atoms with Crippen LogP contribution in [-0.2, 0) is 24.2 Å². The number of halogens is 3. The summed E-state index contributed by atoms with van der Waals surface area (Å²) in [6.07, 6.45) is 0.192. The Morgan fingerprint density at radius 2 is 2.00 bits per heavy atom. The highest BCUT2D eigenvalue weighted by molar-refractivity contribution is 7.98. The van der Waals surface area contributed by atoms with Crippen molar-refractivity contribution in [3.05, 3.63) is 23.0 Å². The van der Waals surface area contributed by atoms with E-state index >= 15 is 0 Å². The van der Waals surface area contributed by atoms with Gasteiger partial charge in [0.25, 0.3) is 5.91 Å². The predicted octanol–water partition coefficient (Wildman–Crippen LogP) is 0.851. The summed E-state index contributed by atoms with van der Waals surface area (Å²) in [5.74, 6) is -3.27. The fourth-order valence-corrected chi connectivity index (χ4v) is 2.96. The van der Waals surface area contributed by atoms with Crippen LogP contribution in [0, 0.1) is 0 Å². The van der Waals surface area contributed by atoms with Gasteiger partial charge in [-0.05, 0) is 24.7 Å². The number of primary amides is 1. The fraction of sp³-hybridized carbons (Fsp3) is 0.400. The SMILES string of the molecule is CSc1ncc2c(n1)-c1c(c(C(N)=O)nn1CCN)CC2.O=C(O)C(F)(F)F. The zero-order chi connectivity index (χ0) is 21.1. The van der Waals surface area contributed by atoms with Crippen molar-refractivity contribution in [2.45, 2.75) is 30.7 Å². The number of hydrogen-bond acceptors (Lipinski definition) is 7. The summed E-state index contributed by atoms with van der Waals surface area (Å²) in [4.78, 5) is 29.4. The summed E-state index contributed by atoms with van der Waals surface area (Å²) < 4.78 is 33.5. The molecule has 9 nitrogen and oxygen atoms in total. The van der Waals surface area contributed by atoms with Gasteiger partial charge < -0.3 is 16.6 Å². The Hall–Kier alpha value is -2.67. The van der Waals surface area contributed by atoms with Crippen molar-refractivity contribution in [1.82, 2.24) is 19.7 Å². The van der Waals surface area contributed by atoms with E-state index in [4.69, 9.17) is 21.4 Å². The van der Waals surface area contributed by atoms with Gasteiger partial charge in [-0.1, -0.05) is 11.8 Å². The number of alkyl halides is 3. The number of carbonyl (C=O) groups is 2. The molecule has 0 saturated carbocycles. The Morgan fingerprint density at radius 3 is 2.50 bits per heavy atom. The van der Waals surface area contributed by atoms with Gasteiger partial charge in [-0.15, -0.1) is 0 Å². The molecule has 5 N–H and O–H groups in total. The third-order valence-corrected chi connectivity index (χ3v) is 4.32. The number of amides is 1. The number of nitrogens with zero attached hydrogens (tertiary/aromatic N) is 4. The Labute approximate surface area is 161 Å². The van der Waals surface area contributed by atoms with Crippen molar-refractivity contribution in [2.75, 3.05) is 12.8 Å². The van der Waals surface area contributed by atoms with Crippen LogP contribution in [0.25, 0.3) is 11.4 Å². The topological polar surface area (TPSA) is 150 Å². The molecule has 0 spiro atoms. The first-order valence-corrected chi connectivity index (χ1v) is 9.12. The van der Waals surface area contributed by atoms with Gasteiger partial charge in [-0.25, -0.2) is 14.8 Å². The van der Waals surface area contributed by atoms with Crippen molar-refractivity contribution in [3.63, 3.8) is 0 Å². The van der Waals surface area contributed by atoms with Gasteiger partial charge in [0.15, 0.2) is 10.9 Å². The lowest BCUT2D eigenvalue weighted by atomic mass is 9.93. The van der Waals surface area contributed by atoms with Crippen LogP contribution in [-0.4, -0.2) is 55.7 Å². The van der Waals surface area contributed by atoms with Gasteiger partial charge in [0.1, 0.15) is 0 Å². The van der Waals surface area contributed by atoms with Gasteiger partial charge in [0, 0.05) is 18.3 Å². The standard InChI is InChI=1S/C13H16N6OS.C2HF3O2/c1-21-13-16-6-7-2-3-8-10(12(15)20)18-19(5-4-14)11(8)9(7)17-13;3-2(4,5)1(6)7/h6H,2-5,14H2,1H3,(H2,15,20);(H,6,7). The maximum Gasteiger partial charge on any atom is 0.490 e. The summed E-state index contributed by atoms with van der Waals surface area (Å²) in [6, 6.07) is 0. The molecule has 0 saturated heterocycles. The van der Waals surface area contributed by atoms with E-state index in [0.717, 1.165) is 28.9 Å². The van der Waals surface area contributed by atoms with E-state index in [9.17, 15) is 18.0 Å². The average Bonchev–Trinajstić information content (AvgIpc) is 3.00.